The number of benzene rings is 1. The predicted molar refractivity (Wildman–Crippen MR) is 124 cm³/mol. The fraction of sp³-hybridized carbons (Fsp3) is 0.440. The van der Waals surface area contributed by atoms with Crippen molar-refractivity contribution in [2.45, 2.75) is 18.0 Å². The molecule has 2 aliphatic rings. The number of rotatable bonds is 6. The Hall–Kier alpha value is -2.94. The van der Waals surface area contributed by atoms with Crippen molar-refractivity contribution in [3.63, 3.8) is 0 Å². The van der Waals surface area contributed by atoms with Crippen LogP contribution in [0.5, 0.6) is 5.75 Å². The van der Waals surface area contributed by atoms with Crippen molar-refractivity contribution >= 4 is 16.8 Å². The van der Waals surface area contributed by atoms with Crippen LogP contribution in [0, 0.1) is 0 Å². The van der Waals surface area contributed by atoms with Crippen LogP contribution < -0.4 is 4.74 Å². The molecule has 1 amide bonds. The van der Waals surface area contributed by atoms with Crippen LogP contribution in [0.3, 0.4) is 0 Å². The molecule has 0 radical (unpaired) electrons. The van der Waals surface area contributed by atoms with Crippen LogP contribution in [-0.4, -0.2) is 77.4 Å². The number of aromatic nitrogens is 2. The van der Waals surface area contributed by atoms with Crippen molar-refractivity contribution in [1.29, 1.82) is 0 Å². The van der Waals surface area contributed by atoms with Crippen molar-refractivity contribution < 1.29 is 19.4 Å². The van der Waals surface area contributed by atoms with E-state index in [0.29, 0.717) is 6.54 Å². The van der Waals surface area contributed by atoms with E-state index in [0.717, 1.165) is 42.0 Å². The lowest BCUT2D eigenvalue weighted by molar-refractivity contribution is -0.143. The second-order valence-corrected chi connectivity index (χ2v) is 9.14. The van der Waals surface area contributed by atoms with E-state index < -0.39 is 6.04 Å². The minimum Gasteiger partial charge on any atom is -0.497 e. The first-order valence-electron chi connectivity index (χ1n) is 11.2. The molecule has 1 fully saturated rings. The molecule has 1 atom stereocenters. The van der Waals surface area contributed by atoms with Gasteiger partial charge in [0.2, 0.25) is 5.91 Å². The zero-order chi connectivity index (χ0) is 23.2. The number of methoxy groups -OCH3 is 2. The molecule has 1 saturated heterocycles. The number of amides is 1. The van der Waals surface area contributed by atoms with E-state index in [1.807, 2.05) is 36.3 Å². The number of aryl methyl sites for hydroxylation is 1. The van der Waals surface area contributed by atoms with Crippen molar-refractivity contribution in [1.82, 2.24) is 19.4 Å². The number of likely N-dealkylation sites (tertiary alicyclic amines) is 1. The molecular weight excluding hydrogens is 420 g/mol. The Kier molecular flexibility index (Phi) is 5.60. The maximum atomic E-state index is 13.0. The largest absolute Gasteiger partial charge is 0.497 e. The molecule has 1 N–H and O–H groups in total. The van der Waals surface area contributed by atoms with Gasteiger partial charge in [0.15, 0.2) is 0 Å². The van der Waals surface area contributed by atoms with E-state index >= 15 is 0 Å². The van der Waals surface area contributed by atoms with Gasteiger partial charge in [0.1, 0.15) is 12.4 Å². The van der Waals surface area contributed by atoms with E-state index in [2.05, 4.69) is 26.6 Å². The van der Waals surface area contributed by atoms with Gasteiger partial charge in [-0.25, -0.2) is 0 Å². The zero-order valence-electron chi connectivity index (χ0n) is 19.3. The number of pyridine rings is 1. The Labute approximate surface area is 193 Å². The Morgan fingerprint density at radius 2 is 2.06 bits per heavy atom. The smallest absolute Gasteiger partial charge is 0.249 e. The summed E-state index contributed by atoms with van der Waals surface area (Å²) in [6, 6.07) is 9.76. The third-order valence-corrected chi connectivity index (χ3v) is 7.09. The van der Waals surface area contributed by atoms with Gasteiger partial charge in [0.25, 0.3) is 0 Å². The summed E-state index contributed by atoms with van der Waals surface area (Å²) in [4.78, 5) is 21.5. The number of ether oxygens (including phenoxy) is 2. The number of carbonyl (C=O) groups is 1. The number of carbonyl (C=O) groups excluding carboxylic acids is 1. The molecule has 33 heavy (non-hydrogen) atoms. The number of hydrogen-bond donors (Lipinski definition) is 1. The summed E-state index contributed by atoms with van der Waals surface area (Å²) in [7, 11) is 5.20. The number of hydrogen-bond acceptors (Lipinski definition) is 6. The van der Waals surface area contributed by atoms with E-state index in [-0.39, 0.29) is 24.5 Å². The summed E-state index contributed by atoms with van der Waals surface area (Å²) in [5.74, 6) is 0.685. The number of fused-ring (bicyclic) bond motifs is 4. The van der Waals surface area contributed by atoms with Crippen LogP contribution in [0.1, 0.15) is 22.9 Å². The lowest BCUT2D eigenvalue weighted by Gasteiger charge is -2.56. The standard InChI is InChI=1S/C25H30N4O4/c1-27-20-9-18(33-3)6-7-19(20)23-24(27)21(12-30)29(22(31)13-32-2)16-25(23)14-28(15-25)11-17-5-4-8-26-10-17/h4-10,21,30H,11-16H2,1-3H3/t21-/m1/s1. The number of aliphatic hydroxyl groups is 1. The van der Waals surface area contributed by atoms with Crippen molar-refractivity contribution in [2.75, 3.05) is 47.1 Å². The SMILES string of the molecule is COCC(=O)N1CC2(CN(Cc3cccnc3)C2)c2c(n(C)c3cc(OC)ccc23)[C@H]1CO. The number of nitrogens with zero attached hydrogens (tertiary/aromatic N) is 4. The molecule has 0 saturated carbocycles. The normalized spacial score (nSPS) is 19.5. The zero-order valence-corrected chi connectivity index (χ0v) is 19.3. The summed E-state index contributed by atoms with van der Waals surface area (Å²) >= 11 is 0. The highest BCUT2D eigenvalue weighted by Crippen LogP contribution is 2.49. The summed E-state index contributed by atoms with van der Waals surface area (Å²) < 4.78 is 12.8. The van der Waals surface area contributed by atoms with Gasteiger partial charge in [-0.1, -0.05) is 6.07 Å². The molecule has 2 aromatic heterocycles. The molecule has 8 nitrogen and oxygen atoms in total. The van der Waals surface area contributed by atoms with Crippen LogP contribution in [0.15, 0.2) is 42.7 Å². The molecule has 0 aliphatic carbocycles. The molecule has 4 heterocycles. The topological polar surface area (TPSA) is 80.1 Å². The first-order chi connectivity index (χ1) is 16.0. The molecule has 2 aliphatic heterocycles. The van der Waals surface area contributed by atoms with E-state index in [9.17, 15) is 9.90 Å². The maximum Gasteiger partial charge on any atom is 0.249 e. The first kappa shape index (κ1) is 21.9. The maximum absolute atomic E-state index is 13.0. The van der Waals surface area contributed by atoms with Crippen molar-refractivity contribution in [3.05, 3.63) is 59.5 Å². The van der Waals surface area contributed by atoms with Crippen LogP contribution in [-0.2, 0) is 28.5 Å². The minimum absolute atomic E-state index is 0.000915. The quantitative estimate of drug-likeness (QED) is 0.618. The van der Waals surface area contributed by atoms with Crippen LogP contribution in [0.25, 0.3) is 10.9 Å². The highest BCUT2D eigenvalue weighted by atomic mass is 16.5. The molecule has 5 rings (SSSR count). The fourth-order valence-corrected chi connectivity index (χ4v) is 5.76. The highest BCUT2D eigenvalue weighted by molar-refractivity contribution is 5.90. The first-order valence-corrected chi connectivity index (χ1v) is 11.2. The highest BCUT2D eigenvalue weighted by Gasteiger charge is 2.54. The average molecular weight is 451 g/mol. The van der Waals surface area contributed by atoms with Gasteiger partial charge in [-0.3, -0.25) is 14.7 Å². The van der Waals surface area contributed by atoms with E-state index in [1.54, 1.807) is 13.3 Å². The molecule has 1 spiro atoms. The second-order valence-electron chi connectivity index (χ2n) is 9.14. The van der Waals surface area contributed by atoms with E-state index in [1.165, 1.54) is 18.2 Å². The summed E-state index contributed by atoms with van der Waals surface area (Å²) in [5, 5.41) is 11.6. The van der Waals surface area contributed by atoms with E-state index in [4.69, 9.17) is 9.47 Å². The Bertz CT molecular complexity index is 1170. The Balaban J connectivity index is 1.59. The van der Waals surface area contributed by atoms with Gasteiger partial charge in [-0.15, -0.1) is 0 Å². The van der Waals surface area contributed by atoms with Crippen LogP contribution in [0.4, 0.5) is 0 Å². The third kappa shape index (κ3) is 3.49. The monoisotopic (exact) mass is 450 g/mol. The van der Waals surface area contributed by atoms with Crippen LogP contribution >= 0.6 is 0 Å². The Morgan fingerprint density at radius 3 is 2.73 bits per heavy atom. The lowest BCUT2D eigenvalue weighted by atomic mass is 9.68. The van der Waals surface area contributed by atoms with Gasteiger partial charge in [-0.05, 0) is 29.3 Å². The number of aliphatic hydroxyl groups excluding tert-OH is 1. The van der Waals surface area contributed by atoms with Crippen LogP contribution in [0.2, 0.25) is 0 Å². The summed E-state index contributed by atoms with van der Waals surface area (Å²) in [6.45, 7) is 2.89. The minimum atomic E-state index is -0.413. The molecule has 174 valence electrons. The molecule has 0 unspecified atom stereocenters. The summed E-state index contributed by atoms with van der Waals surface area (Å²) in [6.07, 6.45) is 3.69. The van der Waals surface area contributed by atoms with Crippen molar-refractivity contribution in [3.8, 4) is 5.75 Å². The molecule has 8 heteroatoms. The molecule has 3 aromatic rings. The third-order valence-electron chi connectivity index (χ3n) is 7.09. The van der Waals surface area contributed by atoms with Gasteiger partial charge in [0.05, 0.1) is 25.3 Å². The second kappa shape index (κ2) is 8.44. The van der Waals surface area contributed by atoms with Gasteiger partial charge >= 0.3 is 0 Å². The predicted octanol–water partition coefficient (Wildman–Crippen LogP) is 1.86. The van der Waals surface area contributed by atoms with Gasteiger partial charge < -0.3 is 24.0 Å². The lowest BCUT2D eigenvalue weighted by Crippen LogP contribution is -2.67. The molecular formula is C25H30N4O4. The molecule has 1 aromatic carbocycles. The van der Waals surface area contributed by atoms with Gasteiger partial charge in [0, 0.05) is 75.3 Å². The summed E-state index contributed by atoms with van der Waals surface area (Å²) in [5.41, 5.74) is 4.25. The van der Waals surface area contributed by atoms with Gasteiger partial charge in [-0.2, -0.15) is 0 Å². The fourth-order valence-electron chi connectivity index (χ4n) is 5.76. The van der Waals surface area contributed by atoms with Crippen molar-refractivity contribution in [2.24, 2.45) is 7.05 Å². The molecule has 0 bridgehead atoms. The average Bonchev–Trinajstić information content (AvgIpc) is 3.11. The Morgan fingerprint density at radius 1 is 1.24 bits per heavy atom.